The normalized spacial score (nSPS) is 12.5. The molecule has 0 aromatic carbocycles. The first-order chi connectivity index (χ1) is 32.0. The van der Waals surface area contributed by atoms with Crippen LogP contribution in [0, 0.1) is 0 Å². The van der Waals surface area contributed by atoms with Gasteiger partial charge in [0.05, 0.1) is 25.4 Å². The summed E-state index contributed by atoms with van der Waals surface area (Å²) in [4.78, 5) is 24.6. The van der Waals surface area contributed by atoms with E-state index in [1.807, 2.05) is 0 Å². The van der Waals surface area contributed by atoms with Crippen LogP contribution in [0.4, 0.5) is 0 Å². The molecule has 0 saturated carbocycles. The second-order valence-corrected chi connectivity index (χ2v) is 20.7. The third-order valence-electron chi connectivity index (χ3n) is 14.2. The summed E-state index contributed by atoms with van der Waals surface area (Å²) in [5.41, 5.74) is 0. The molecule has 0 fully saturated rings. The van der Waals surface area contributed by atoms with E-state index < -0.39 is 12.1 Å². The lowest BCUT2D eigenvalue weighted by atomic mass is 10.0. The molecule has 0 aliphatic heterocycles. The van der Waals surface area contributed by atoms with E-state index in [-0.39, 0.29) is 18.5 Å². The van der Waals surface area contributed by atoms with Crippen LogP contribution in [0.25, 0.3) is 0 Å². The predicted octanol–water partition coefficient (Wildman–Crippen LogP) is 18.3. The maximum atomic E-state index is 12.5. The van der Waals surface area contributed by atoms with Gasteiger partial charge in [0.25, 0.3) is 0 Å². The van der Waals surface area contributed by atoms with Gasteiger partial charge in [-0.25, -0.2) is 0 Å². The van der Waals surface area contributed by atoms with E-state index in [9.17, 15) is 19.8 Å². The van der Waals surface area contributed by atoms with Gasteiger partial charge in [-0.3, -0.25) is 9.59 Å². The van der Waals surface area contributed by atoms with Crippen molar-refractivity contribution in [2.75, 3.05) is 13.2 Å². The lowest BCUT2D eigenvalue weighted by molar-refractivity contribution is -0.143. The summed E-state index contributed by atoms with van der Waals surface area (Å²) in [6, 6.07) is -0.557. The van der Waals surface area contributed by atoms with Crippen LogP contribution in [0.2, 0.25) is 0 Å². The second-order valence-electron chi connectivity index (χ2n) is 20.7. The number of esters is 1. The zero-order valence-electron chi connectivity index (χ0n) is 44.3. The van der Waals surface area contributed by atoms with E-state index in [0.29, 0.717) is 25.9 Å². The number of ether oxygens (including phenoxy) is 1. The molecule has 0 saturated heterocycles. The molecule has 3 N–H and O–H groups in total. The average Bonchev–Trinajstić information content (AvgIpc) is 3.31. The van der Waals surface area contributed by atoms with Crippen molar-refractivity contribution in [3.05, 3.63) is 0 Å². The third-order valence-corrected chi connectivity index (χ3v) is 14.2. The molecule has 6 heteroatoms. The molecule has 0 heterocycles. The van der Waals surface area contributed by atoms with Gasteiger partial charge in [-0.1, -0.05) is 303 Å². The Morgan fingerprint density at radius 2 is 0.631 bits per heavy atom. The van der Waals surface area contributed by atoms with Gasteiger partial charge in [0.15, 0.2) is 0 Å². The van der Waals surface area contributed by atoms with Crippen LogP contribution in [0.1, 0.15) is 341 Å². The first-order valence-electron chi connectivity index (χ1n) is 29.8. The van der Waals surface area contributed by atoms with Gasteiger partial charge in [-0.15, -0.1) is 0 Å². The van der Waals surface area contributed by atoms with Crippen LogP contribution in [-0.2, 0) is 14.3 Å². The molecule has 0 aromatic rings. The minimum Gasteiger partial charge on any atom is -0.466 e. The molecular weight excluding hydrogens is 803 g/mol. The number of hydrogen-bond acceptors (Lipinski definition) is 5. The molecule has 0 rings (SSSR count). The summed E-state index contributed by atoms with van der Waals surface area (Å²) in [6.07, 6.45) is 63.8. The number of amides is 1. The van der Waals surface area contributed by atoms with Gasteiger partial charge >= 0.3 is 5.97 Å². The van der Waals surface area contributed by atoms with E-state index in [1.54, 1.807) is 0 Å². The SMILES string of the molecule is CCCCCCCCCCCCCCCCCCCCCCCC(O)C(CO)NC(=O)CCCCCCCCCCCCOC(=O)CCCCCCCCCCCCCCCCCCC. The first-order valence-corrected chi connectivity index (χ1v) is 29.8. The summed E-state index contributed by atoms with van der Waals surface area (Å²) in [7, 11) is 0. The van der Waals surface area contributed by atoms with Crippen molar-refractivity contribution in [3.63, 3.8) is 0 Å². The van der Waals surface area contributed by atoms with Crippen molar-refractivity contribution in [1.82, 2.24) is 5.32 Å². The molecule has 0 aromatic heterocycles. The number of nitrogens with one attached hydrogen (secondary N) is 1. The van der Waals surface area contributed by atoms with Crippen LogP contribution in [0.3, 0.4) is 0 Å². The van der Waals surface area contributed by atoms with Crippen LogP contribution in [-0.4, -0.2) is 47.4 Å². The van der Waals surface area contributed by atoms with Crippen molar-refractivity contribution < 1.29 is 24.5 Å². The monoisotopic (exact) mass is 920 g/mol. The van der Waals surface area contributed by atoms with E-state index in [4.69, 9.17) is 4.74 Å². The molecule has 388 valence electrons. The Bertz CT molecular complexity index is 928. The number of rotatable bonds is 56. The highest BCUT2D eigenvalue weighted by atomic mass is 16.5. The Labute approximate surface area is 406 Å². The molecule has 1 amide bonds. The summed E-state index contributed by atoms with van der Waals surface area (Å²) in [5.74, 6) is -0.0661. The predicted molar refractivity (Wildman–Crippen MR) is 283 cm³/mol. The number of carbonyl (C=O) groups is 2. The number of aliphatic hydroxyl groups is 2. The van der Waals surface area contributed by atoms with Gasteiger partial charge in [-0.05, 0) is 25.7 Å². The smallest absolute Gasteiger partial charge is 0.305 e. The molecule has 6 nitrogen and oxygen atoms in total. The van der Waals surface area contributed by atoms with Crippen LogP contribution >= 0.6 is 0 Å². The Morgan fingerprint density at radius 3 is 0.938 bits per heavy atom. The van der Waals surface area contributed by atoms with E-state index in [2.05, 4.69) is 19.2 Å². The van der Waals surface area contributed by atoms with Crippen LogP contribution in [0.15, 0.2) is 0 Å². The Balaban J connectivity index is 3.44. The molecule has 0 radical (unpaired) electrons. The fraction of sp³-hybridized carbons (Fsp3) is 0.966. The fourth-order valence-electron chi connectivity index (χ4n) is 9.58. The van der Waals surface area contributed by atoms with Crippen molar-refractivity contribution in [3.8, 4) is 0 Å². The fourth-order valence-corrected chi connectivity index (χ4v) is 9.58. The number of hydrogen-bond donors (Lipinski definition) is 3. The van der Waals surface area contributed by atoms with Gasteiger partial charge in [-0.2, -0.15) is 0 Å². The van der Waals surface area contributed by atoms with Gasteiger partial charge in [0.1, 0.15) is 0 Å². The summed E-state index contributed by atoms with van der Waals surface area (Å²) in [6.45, 7) is 4.94. The van der Waals surface area contributed by atoms with Gasteiger partial charge in [0.2, 0.25) is 5.91 Å². The van der Waals surface area contributed by atoms with E-state index in [0.717, 1.165) is 57.8 Å². The third kappa shape index (κ3) is 52.1. The van der Waals surface area contributed by atoms with Crippen LogP contribution < -0.4 is 5.32 Å². The lowest BCUT2D eigenvalue weighted by Crippen LogP contribution is -2.45. The molecule has 2 unspecified atom stereocenters. The highest BCUT2D eigenvalue weighted by molar-refractivity contribution is 5.76. The Morgan fingerprint density at radius 1 is 0.369 bits per heavy atom. The minimum atomic E-state index is -0.678. The summed E-state index contributed by atoms with van der Waals surface area (Å²) in [5, 5.41) is 23.3. The maximum absolute atomic E-state index is 12.5. The van der Waals surface area contributed by atoms with E-state index in [1.165, 1.54) is 250 Å². The van der Waals surface area contributed by atoms with Crippen molar-refractivity contribution in [1.29, 1.82) is 0 Å². The Hall–Kier alpha value is -1.14. The zero-order valence-corrected chi connectivity index (χ0v) is 44.3. The van der Waals surface area contributed by atoms with Crippen molar-refractivity contribution >= 4 is 11.9 Å². The maximum Gasteiger partial charge on any atom is 0.305 e. The number of unbranched alkanes of at least 4 members (excludes halogenated alkanes) is 45. The van der Waals surface area contributed by atoms with Crippen molar-refractivity contribution in [2.24, 2.45) is 0 Å². The molecule has 2 atom stereocenters. The van der Waals surface area contributed by atoms with Gasteiger partial charge < -0.3 is 20.3 Å². The van der Waals surface area contributed by atoms with Gasteiger partial charge in [0, 0.05) is 12.8 Å². The number of aliphatic hydroxyl groups excluding tert-OH is 2. The highest BCUT2D eigenvalue weighted by Crippen LogP contribution is 2.18. The lowest BCUT2D eigenvalue weighted by Gasteiger charge is -2.22. The largest absolute Gasteiger partial charge is 0.466 e. The van der Waals surface area contributed by atoms with E-state index >= 15 is 0 Å². The molecule has 0 spiro atoms. The second kappa shape index (κ2) is 55.5. The topological polar surface area (TPSA) is 95.9 Å². The highest BCUT2D eigenvalue weighted by Gasteiger charge is 2.20. The summed E-state index contributed by atoms with van der Waals surface area (Å²) < 4.78 is 5.48. The van der Waals surface area contributed by atoms with Crippen molar-refractivity contribution in [2.45, 2.75) is 353 Å². The number of carbonyl (C=O) groups excluding carboxylic acids is 2. The Kier molecular flexibility index (Phi) is 54.5. The summed E-state index contributed by atoms with van der Waals surface area (Å²) >= 11 is 0. The molecule has 65 heavy (non-hydrogen) atoms. The quantitative estimate of drug-likeness (QED) is 0.0417. The average molecular weight is 921 g/mol. The van der Waals surface area contributed by atoms with Crippen LogP contribution in [0.5, 0.6) is 0 Å². The molecule has 0 bridgehead atoms. The standard InChI is InChI=1S/C59H117NO5/c1-3-5-7-9-11-13-15-17-19-21-22-23-24-26-27-29-31-35-39-43-47-51-57(62)56(55-61)60-58(63)52-48-44-40-36-33-34-38-42-46-50-54-65-59(64)53-49-45-41-37-32-30-28-25-20-18-16-14-12-10-8-6-4-2/h56-57,61-62H,3-55H2,1-2H3,(H,60,63). The first kappa shape index (κ1) is 63.9. The minimum absolute atomic E-state index is 0.0133. The molecule has 0 aliphatic carbocycles. The molecule has 0 aliphatic rings. The molecular formula is C59H117NO5. The zero-order chi connectivity index (χ0) is 47.2.